The lowest BCUT2D eigenvalue weighted by atomic mass is 10.2. The Bertz CT molecular complexity index is 672. The fraction of sp³-hybridized carbons (Fsp3) is 0.421. The lowest BCUT2D eigenvalue weighted by Gasteiger charge is -2.18. The number of thiophene rings is 1. The number of aryl methyl sites for hydroxylation is 1. The summed E-state index contributed by atoms with van der Waals surface area (Å²) in [4.78, 5) is 7.07. The summed E-state index contributed by atoms with van der Waals surface area (Å²) >= 11 is 1.85. The average Bonchev–Trinajstić information content (AvgIpc) is 2.97. The Labute approximate surface area is 172 Å². The number of hydrogen-bond acceptors (Lipinski definition) is 3. The van der Waals surface area contributed by atoms with Crippen molar-refractivity contribution >= 4 is 41.3 Å². The Morgan fingerprint density at radius 3 is 2.64 bits per heavy atom. The van der Waals surface area contributed by atoms with Crippen molar-refractivity contribution in [3.63, 3.8) is 0 Å². The largest absolute Gasteiger partial charge is 0.494 e. The van der Waals surface area contributed by atoms with Gasteiger partial charge in [0.25, 0.3) is 0 Å². The third-order valence-electron chi connectivity index (χ3n) is 3.63. The van der Waals surface area contributed by atoms with Crippen LogP contribution in [0.15, 0.2) is 41.4 Å². The number of nitrogens with one attached hydrogen (secondary N) is 2. The van der Waals surface area contributed by atoms with Crippen molar-refractivity contribution in [1.29, 1.82) is 0 Å². The van der Waals surface area contributed by atoms with Crippen molar-refractivity contribution in [2.45, 2.75) is 39.8 Å². The summed E-state index contributed by atoms with van der Waals surface area (Å²) in [7, 11) is 1.80. The Hall–Kier alpha value is -1.28. The van der Waals surface area contributed by atoms with Gasteiger partial charge in [0, 0.05) is 41.4 Å². The van der Waals surface area contributed by atoms with E-state index in [1.807, 2.05) is 36.5 Å². The molecule has 2 N–H and O–H groups in total. The molecule has 0 saturated heterocycles. The highest BCUT2D eigenvalue weighted by Gasteiger charge is 2.09. The number of guanidine groups is 1. The number of halogens is 1. The molecule has 2 aromatic rings. The van der Waals surface area contributed by atoms with E-state index in [-0.39, 0.29) is 24.0 Å². The topological polar surface area (TPSA) is 45.6 Å². The molecular formula is C19H28IN3OS. The molecule has 2 rings (SSSR count). The van der Waals surface area contributed by atoms with Crippen LogP contribution in [0, 0.1) is 6.92 Å². The molecule has 0 aliphatic carbocycles. The molecule has 0 aliphatic heterocycles. The summed E-state index contributed by atoms with van der Waals surface area (Å²) < 4.78 is 5.67. The molecule has 1 aromatic carbocycles. The van der Waals surface area contributed by atoms with Crippen LogP contribution in [0.1, 0.15) is 29.2 Å². The third kappa shape index (κ3) is 7.23. The Morgan fingerprint density at radius 1 is 1.24 bits per heavy atom. The van der Waals surface area contributed by atoms with E-state index >= 15 is 0 Å². The van der Waals surface area contributed by atoms with Crippen LogP contribution in [0.25, 0.3) is 0 Å². The van der Waals surface area contributed by atoms with Gasteiger partial charge in [-0.1, -0.05) is 18.2 Å². The maximum Gasteiger partial charge on any atom is 0.191 e. The summed E-state index contributed by atoms with van der Waals surface area (Å²) in [6, 6.07) is 12.8. The molecule has 1 atom stereocenters. The minimum Gasteiger partial charge on any atom is -0.494 e. The van der Waals surface area contributed by atoms with Crippen LogP contribution in [0.4, 0.5) is 0 Å². The van der Waals surface area contributed by atoms with Gasteiger partial charge in [-0.25, -0.2) is 0 Å². The molecular weight excluding hydrogens is 445 g/mol. The first-order valence-corrected chi connectivity index (χ1v) is 9.17. The standard InChI is InChI=1S/C19H27N3OS.HI/c1-5-23-18-9-7-6-8-16(18)13-21-19(20-4)22-14(2)12-17-11-10-15(3)24-17;/h6-11,14H,5,12-13H2,1-4H3,(H2,20,21,22);1H. The SMILES string of the molecule is CCOc1ccccc1CNC(=NC)NC(C)Cc1ccc(C)s1.I. The second kappa shape index (κ2) is 11.4. The Kier molecular flexibility index (Phi) is 9.89. The van der Waals surface area contributed by atoms with Gasteiger partial charge in [-0.3, -0.25) is 4.99 Å². The minimum absolute atomic E-state index is 0. The van der Waals surface area contributed by atoms with E-state index < -0.39 is 0 Å². The molecule has 0 fully saturated rings. The van der Waals surface area contributed by atoms with Gasteiger partial charge in [-0.2, -0.15) is 0 Å². The number of benzene rings is 1. The second-order valence-electron chi connectivity index (χ2n) is 5.73. The molecule has 138 valence electrons. The number of aliphatic imine (C=N–C) groups is 1. The van der Waals surface area contributed by atoms with Gasteiger partial charge in [-0.05, 0) is 39.0 Å². The van der Waals surface area contributed by atoms with E-state index in [1.54, 1.807) is 7.05 Å². The molecule has 0 amide bonds. The highest BCUT2D eigenvalue weighted by atomic mass is 127. The molecule has 1 aromatic heterocycles. The predicted molar refractivity (Wildman–Crippen MR) is 119 cm³/mol. The zero-order chi connectivity index (χ0) is 17.4. The maximum atomic E-state index is 5.67. The molecule has 1 unspecified atom stereocenters. The van der Waals surface area contributed by atoms with E-state index in [1.165, 1.54) is 9.75 Å². The van der Waals surface area contributed by atoms with Crippen molar-refractivity contribution in [3.8, 4) is 5.75 Å². The smallest absolute Gasteiger partial charge is 0.191 e. The van der Waals surface area contributed by atoms with Gasteiger partial charge >= 0.3 is 0 Å². The lowest BCUT2D eigenvalue weighted by Crippen LogP contribution is -2.42. The molecule has 0 spiro atoms. The van der Waals surface area contributed by atoms with E-state index in [4.69, 9.17) is 4.74 Å². The highest BCUT2D eigenvalue weighted by Crippen LogP contribution is 2.18. The highest BCUT2D eigenvalue weighted by molar-refractivity contribution is 14.0. The first-order valence-electron chi connectivity index (χ1n) is 8.35. The molecule has 6 heteroatoms. The van der Waals surface area contributed by atoms with Crippen LogP contribution in [-0.4, -0.2) is 25.7 Å². The van der Waals surface area contributed by atoms with Gasteiger partial charge in [-0.15, -0.1) is 35.3 Å². The number of para-hydroxylation sites is 1. The van der Waals surface area contributed by atoms with Crippen LogP contribution in [-0.2, 0) is 13.0 Å². The van der Waals surface area contributed by atoms with Crippen LogP contribution < -0.4 is 15.4 Å². The van der Waals surface area contributed by atoms with E-state index in [0.29, 0.717) is 19.2 Å². The molecule has 0 aliphatic rings. The van der Waals surface area contributed by atoms with Crippen LogP contribution in [0.5, 0.6) is 5.75 Å². The lowest BCUT2D eigenvalue weighted by molar-refractivity contribution is 0.336. The number of rotatable bonds is 7. The van der Waals surface area contributed by atoms with Crippen molar-refractivity contribution in [2.75, 3.05) is 13.7 Å². The maximum absolute atomic E-state index is 5.67. The molecule has 0 bridgehead atoms. The van der Waals surface area contributed by atoms with E-state index in [2.05, 4.69) is 47.7 Å². The van der Waals surface area contributed by atoms with Crippen molar-refractivity contribution in [2.24, 2.45) is 4.99 Å². The number of nitrogens with zero attached hydrogens (tertiary/aromatic N) is 1. The average molecular weight is 473 g/mol. The summed E-state index contributed by atoms with van der Waals surface area (Å²) in [6.07, 6.45) is 0.995. The summed E-state index contributed by atoms with van der Waals surface area (Å²) in [5, 5.41) is 6.82. The monoisotopic (exact) mass is 473 g/mol. The molecule has 0 saturated carbocycles. The van der Waals surface area contributed by atoms with Gasteiger partial charge in [0.2, 0.25) is 0 Å². The van der Waals surface area contributed by atoms with Crippen molar-refractivity contribution in [1.82, 2.24) is 10.6 Å². The Balaban J connectivity index is 0.00000312. The van der Waals surface area contributed by atoms with E-state index in [9.17, 15) is 0 Å². The quantitative estimate of drug-likeness (QED) is 0.357. The first-order chi connectivity index (χ1) is 11.6. The van der Waals surface area contributed by atoms with Gasteiger partial charge in [0.15, 0.2) is 5.96 Å². The van der Waals surface area contributed by atoms with Crippen molar-refractivity contribution in [3.05, 3.63) is 51.7 Å². The summed E-state index contributed by atoms with van der Waals surface area (Å²) in [5.41, 5.74) is 1.13. The zero-order valence-corrected chi connectivity index (χ0v) is 18.5. The molecule has 25 heavy (non-hydrogen) atoms. The Morgan fingerprint density at radius 2 is 2.00 bits per heavy atom. The second-order valence-corrected chi connectivity index (χ2v) is 7.10. The van der Waals surface area contributed by atoms with E-state index in [0.717, 1.165) is 23.7 Å². The van der Waals surface area contributed by atoms with Crippen LogP contribution in [0.3, 0.4) is 0 Å². The third-order valence-corrected chi connectivity index (χ3v) is 4.65. The normalized spacial score (nSPS) is 12.2. The number of ether oxygens (including phenoxy) is 1. The zero-order valence-electron chi connectivity index (χ0n) is 15.3. The molecule has 0 radical (unpaired) electrons. The fourth-order valence-electron chi connectivity index (χ4n) is 2.50. The predicted octanol–water partition coefficient (Wildman–Crippen LogP) is 4.37. The number of hydrogen-bond donors (Lipinski definition) is 2. The minimum atomic E-state index is 0. The fourth-order valence-corrected chi connectivity index (χ4v) is 3.52. The van der Waals surface area contributed by atoms with Crippen LogP contribution >= 0.6 is 35.3 Å². The first kappa shape index (κ1) is 21.8. The van der Waals surface area contributed by atoms with Gasteiger partial charge < -0.3 is 15.4 Å². The van der Waals surface area contributed by atoms with Gasteiger partial charge in [0.05, 0.1) is 6.61 Å². The van der Waals surface area contributed by atoms with Gasteiger partial charge in [0.1, 0.15) is 5.75 Å². The van der Waals surface area contributed by atoms with Crippen LogP contribution in [0.2, 0.25) is 0 Å². The molecule has 1 heterocycles. The van der Waals surface area contributed by atoms with Crippen molar-refractivity contribution < 1.29 is 4.74 Å². The summed E-state index contributed by atoms with van der Waals surface area (Å²) in [6.45, 7) is 7.67. The molecule has 4 nitrogen and oxygen atoms in total. The summed E-state index contributed by atoms with van der Waals surface area (Å²) in [5.74, 6) is 1.73.